The van der Waals surface area contributed by atoms with Crippen LogP contribution in [0.1, 0.15) is 5.56 Å². The third-order valence-electron chi connectivity index (χ3n) is 3.99. The maximum Gasteiger partial charge on any atom is 0.217 e. The van der Waals surface area contributed by atoms with Crippen LogP contribution in [0.5, 0.6) is 0 Å². The molecule has 0 aliphatic carbocycles. The first kappa shape index (κ1) is 25.0. The molecule has 13 nitrogen and oxygen atoms in total. The predicted molar refractivity (Wildman–Crippen MR) is 95.0 cm³/mol. The van der Waals surface area contributed by atoms with Crippen molar-refractivity contribution in [1.29, 1.82) is 0 Å². The lowest BCUT2D eigenvalue weighted by molar-refractivity contribution is -0.277. The van der Waals surface area contributed by atoms with E-state index in [2.05, 4.69) is 4.18 Å². The van der Waals surface area contributed by atoms with Crippen molar-refractivity contribution < 1.29 is 54.5 Å². The van der Waals surface area contributed by atoms with Gasteiger partial charge in [-0.05, 0) is 5.56 Å². The van der Waals surface area contributed by atoms with Crippen molar-refractivity contribution in [2.75, 3.05) is 19.8 Å². The minimum atomic E-state index is -5.12. The standard InChI is InChI=1S/C15H23NO12S2/c17-6-7-25-15-12(16-29(19,20)21)13(18)14(11(28-15)9-27-30(22,23)24)26-8-10-4-2-1-3-5-10/h1-5,11-18H,6-9H2,(H,19,20,21)(H,22,23,24)/p-2/t11-,12-,13-,14-,15+/m1/s1. The maximum atomic E-state index is 11.2. The first-order valence-corrected chi connectivity index (χ1v) is 11.3. The molecule has 15 heteroatoms. The van der Waals surface area contributed by atoms with Crippen molar-refractivity contribution in [1.82, 2.24) is 4.72 Å². The maximum absolute atomic E-state index is 11.2. The Balaban J connectivity index is 2.25. The van der Waals surface area contributed by atoms with Crippen molar-refractivity contribution in [2.24, 2.45) is 0 Å². The van der Waals surface area contributed by atoms with E-state index in [9.17, 15) is 31.0 Å². The van der Waals surface area contributed by atoms with Gasteiger partial charge in [-0.15, -0.1) is 0 Å². The third-order valence-corrected chi connectivity index (χ3v) is 4.97. The third kappa shape index (κ3) is 8.12. The molecule has 0 radical (unpaired) electrons. The highest BCUT2D eigenvalue weighted by Gasteiger charge is 2.47. The fourth-order valence-corrected chi connectivity index (χ4v) is 3.67. The van der Waals surface area contributed by atoms with Gasteiger partial charge in [0.15, 0.2) is 16.6 Å². The first-order valence-electron chi connectivity index (χ1n) is 8.55. The molecule has 0 aromatic heterocycles. The van der Waals surface area contributed by atoms with Crippen LogP contribution in [-0.2, 0) is 45.7 Å². The SMILES string of the molecule is O=S(=O)([O-])N[C@H]1[C@@H](OCCO)O[C@H](COS(=O)(=O)[O-])[C@@H](OCc2ccccc2)[C@@H]1O. The van der Waals surface area contributed by atoms with Gasteiger partial charge in [0.1, 0.15) is 24.4 Å². The summed E-state index contributed by atoms with van der Waals surface area (Å²) >= 11 is 0. The minimum Gasteiger partial charge on any atom is -0.735 e. The van der Waals surface area contributed by atoms with Gasteiger partial charge in [-0.1, -0.05) is 30.3 Å². The lowest BCUT2D eigenvalue weighted by Crippen LogP contribution is -2.65. The summed E-state index contributed by atoms with van der Waals surface area (Å²) in [5.41, 5.74) is 0.653. The first-order chi connectivity index (χ1) is 14.0. The summed E-state index contributed by atoms with van der Waals surface area (Å²) in [4.78, 5) is 0. The Morgan fingerprint density at radius 3 is 2.33 bits per heavy atom. The Morgan fingerprint density at radius 1 is 1.10 bits per heavy atom. The zero-order chi connectivity index (χ0) is 22.4. The number of aliphatic hydroxyl groups excluding tert-OH is 2. The van der Waals surface area contributed by atoms with E-state index in [0.717, 1.165) is 0 Å². The van der Waals surface area contributed by atoms with Crippen LogP contribution in [0.3, 0.4) is 0 Å². The van der Waals surface area contributed by atoms with E-state index in [1.165, 1.54) is 0 Å². The van der Waals surface area contributed by atoms with Crippen LogP contribution in [0, 0.1) is 0 Å². The summed E-state index contributed by atoms with van der Waals surface area (Å²) in [6.07, 6.45) is -6.20. The monoisotopic (exact) mass is 471 g/mol. The summed E-state index contributed by atoms with van der Waals surface area (Å²) in [7, 11) is -10.2. The van der Waals surface area contributed by atoms with Gasteiger partial charge in [-0.3, -0.25) is 4.18 Å². The van der Waals surface area contributed by atoms with Gasteiger partial charge in [-0.25, -0.2) is 21.6 Å². The second-order valence-corrected chi connectivity index (χ2v) is 8.38. The molecule has 0 bridgehead atoms. The molecule has 0 unspecified atom stereocenters. The predicted octanol–water partition coefficient (Wildman–Crippen LogP) is -2.44. The van der Waals surface area contributed by atoms with Crippen LogP contribution in [0.4, 0.5) is 0 Å². The molecule has 0 amide bonds. The highest BCUT2D eigenvalue weighted by molar-refractivity contribution is 7.83. The zero-order valence-corrected chi connectivity index (χ0v) is 17.0. The molecule has 1 aromatic carbocycles. The van der Waals surface area contributed by atoms with Gasteiger partial charge in [-0.2, -0.15) is 0 Å². The number of benzene rings is 1. The number of hydrogen-bond acceptors (Lipinski definition) is 12. The lowest BCUT2D eigenvalue weighted by Gasteiger charge is -2.44. The molecule has 30 heavy (non-hydrogen) atoms. The largest absolute Gasteiger partial charge is 0.735 e. The van der Waals surface area contributed by atoms with E-state index in [4.69, 9.17) is 19.3 Å². The Morgan fingerprint density at radius 2 is 1.77 bits per heavy atom. The normalized spacial score (nSPS) is 27.8. The zero-order valence-electron chi connectivity index (χ0n) is 15.4. The van der Waals surface area contributed by atoms with Gasteiger partial charge >= 0.3 is 0 Å². The van der Waals surface area contributed by atoms with Crippen LogP contribution in [0.15, 0.2) is 30.3 Å². The van der Waals surface area contributed by atoms with Crippen molar-refractivity contribution >= 4 is 20.7 Å². The lowest BCUT2D eigenvalue weighted by atomic mass is 9.97. The molecule has 1 aliphatic heterocycles. The molecular formula is C15H21NO12S2-2. The van der Waals surface area contributed by atoms with Crippen LogP contribution in [0.25, 0.3) is 0 Å². The topological polar surface area (TPSA) is 204 Å². The van der Waals surface area contributed by atoms with E-state index in [0.29, 0.717) is 5.56 Å². The summed E-state index contributed by atoms with van der Waals surface area (Å²) in [5, 5.41) is 19.5. The van der Waals surface area contributed by atoms with Crippen LogP contribution < -0.4 is 4.72 Å². The molecule has 0 spiro atoms. The van der Waals surface area contributed by atoms with Crippen LogP contribution in [-0.4, -0.2) is 86.6 Å². The highest BCUT2D eigenvalue weighted by atomic mass is 32.3. The van der Waals surface area contributed by atoms with Gasteiger partial charge in [0.05, 0.1) is 26.4 Å². The fraction of sp³-hybridized carbons (Fsp3) is 0.600. The fourth-order valence-electron chi connectivity index (χ4n) is 2.78. The molecule has 1 heterocycles. The van der Waals surface area contributed by atoms with E-state index >= 15 is 0 Å². The van der Waals surface area contributed by atoms with E-state index in [-0.39, 0.29) is 13.2 Å². The number of hydrogen-bond donors (Lipinski definition) is 3. The Kier molecular flexibility index (Phi) is 9.07. The molecule has 1 aromatic rings. The number of ether oxygens (including phenoxy) is 3. The number of rotatable bonds is 11. The van der Waals surface area contributed by atoms with Gasteiger partial charge < -0.3 is 33.5 Å². The molecule has 1 saturated heterocycles. The number of nitrogens with one attached hydrogen (secondary N) is 1. The van der Waals surface area contributed by atoms with E-state index < -0.39 is 64.6 Å². The van der Waals surface area contributed by atoms with Gasteiger partial charge in [0, 0.05) is 0 Å². The molecule has 5 atom stereocenters. The van der Waals surface area contributed by atoms with Gasteiger partial charge in [0.2, 0.25) is 10.4 Å². The van der Waals surface area contributed by atoms with Crippen molar-refractivity contribution in [3.05, 3.63) is 35.9 Å². The summed E-state index contributed by atoms with van der Waals surface area (Å²) in [5.74, 6) is 0. The Bertz CT molecular complexity index is 861. The molecule has 172 valence electrons. The van der Waals surface area contributed by atoms with E-state index in [1.54, 1.807) is 35.1 Å². The minimum absolute atomic E-state index is 0.106. The quantitative estimate of drug-likeness (QED) is 0.227. The smallest absolute Gasteiger partial charge is 0.217 e. The molecule has 3 N–H and O–H groups in total. The van der Waals surface area contributed by atoms with Crippen molar-refractivity contribution in [3.63, 3.8) is 0 Å². The van der Waals surface area contributed by atoms with Crippen molar-refractivity contribution in [2.45, 2.75) is 37.3 Å². The van der Waals surface area contributed by atoms with Crippen LogP contribution in [0.2, 0.25) is 0 Å². The van der Waals surface area contributed by atoms with E-state index in [1.807, 2.05) is 0 Å². The average molecular weight is 471 g/mol. The molecular weight excluding hydrogens is 450 g/mol. The Hall–Kier alpha value is -1.24. The molecule has 1 aliphatic rings. The molecule has 1 fully saturated rings. The summed E-state index contributed by atoms with van der Waals surface area (Å²) in [6.45, 7) is -1.85. The summed E-state index contributed by atoms with van der Waals surface area (Å²) < 4.78 is 87.8. The highest BCUT2D eigenvalue weighted by Crippen LogP contribution is 2.26. The Labute approximate surface area is 173 Å². The summed E-state index contributed by atoms with van der Waals surface area (Å²) in [6, 6.07) is 6.90. The second-order valence-electron chi connectivity index (χ2n) is 6.18. The molecule has 2 rings (SSSR count). The van der Waals surface area contributed by atoms with Crippen LogP contribution >= 0.6 is 0 Å². The average Bonchev–Trinajstić information content (AvgIpc) is 2.65. The number of aliphatic hydroxyl groups is 2. The van der Waals surface area contributed by atoms with Gasteiger partial charge in [0.25, 0.3) is 0 Å². The van der Waals surface area contributed by atoms with Crippen molar-refractivity contribution in [3.8, 4) is 0 Å². The second kappa shape index (κ2) is 10.9. The molecule has 0 saturated carbocycles.